The van der Waals surface area contributed by atoms with Gasteiger partial charge in [0.25, 0.3) is 5.54 Å². The minimum Gasteiger partial charge on any atom is -0.293 e. The fourth-order valence-electron chi connectivity index (χ4n) is 6.01. The number of aromatic amines is 1. The molecule has 1 amide bonds. The van der Waals surface area contributed by atoms with Gasteiger partial charge in [0.15, 0.2) is 0 Å². The predicted molar refractivity (Wildman–Crippen MR) is 129 cm³/mol. The van der Waals surface area contributed by atoms with Crippen LogP contribution >= 0.6 is 0 Å². The van der Waals surface area contributed by atoms with Crippen LogP contribution in [-0.4, -0.2) is 26.0 Å². The van der Waals surface area contributed by atoms with Crippen LogP contribution < -0.4 is 5.32 Å². The molecule has 1 heterocycles. The summed E-state index contributed by atoms with van der Waals surface area (Å²) in [6.07, 6.45) is 0.605. The third kappa shape index (κ3) is 3.02. The van der Waals surface area contributed by atoms with E-state index < -0.39 is 11.0 Å². The zero-order valence-corrected chi connectivity index (χ0v) is 19.1. The second kappa shape index (κ2) is 7.59. The number of rotatable bonds is 5. The molecule has 8 heteroatoms. The van der Waals surface area contributed by atoms with Crippen LogP contribution in [0.4, 0.5) is 5.95 Å². The maximum atomic E-state index is 13.8. The third-order valence-corrected chi connectivity index (χ3v) is 7.50. The highest BCUT2D eigenvalue weighted by atomic mass is 16.6. The monoisotopic (exact) mass is 465 g/mol. The summed E-state index contributed by atoms with van der Waals surface area (Å²) in [7, 11) is 0. The zero-order valence-electron chi connectivity index (χ0n) is 19.1. The molecule has 1 atom stereocenters. The molecule has 0 aliphatic heterocycles. The highest BCUT2D eigenvalue weighted by molar-refractivity contribution is 5.96. The van der Waals surface area contributed by atoms with E-state index in [2.05, 4.69) is 20.5 Å². The zero-order chi connectivity index (χ0) is 24.2. The third-order valence-electron chi connectivity index (χ3n) is 7.50. The number of hydrogen-bond donors (Lipinski definition) is 2. The van der Waals surface area contributed by atoms with Crippen LogP contribution in [0.2, 0.25) is 0 Å². The van der Waals surface area contributed by atoms with E-state index in [4.69, 9.17) is 0 Å². The number of carbonyl (C=O) groups excluding carboxylic acids is 1. The van der Waals surface area contributed by atoms with E-state index >= 15 is 0 Å². The summed E-state index contributed by atoms with van der Waals surface area (Å²) in [4.78, 5) is 30.8. The molecular weight excluding hydrogens is 442 g/mol. The van der Waals surface area contributed by atoms with E-state index in [1.165, 1.54) is 0 Å². The first-order chi connectivity index (χ1) is 16.9. The summed E-state index contributed by atoms with van der Waals surface area (Å²) in [5.41, 5.74) is 1.49. The molecule has 2 bridgehead atoms. The minimum absolute atomic E-state index is 0.0544. The maximum absolute atomic E-state index is 13.8. The Morgan fingerprint density at radius 2 is 1.63 bits per heavy atom. The van der Waals surface area contributed by atoms with Crippen molar-refractivity contribution in [3.05, 3.63) is 123 Å². The van der Waals surface area contributed by atoms with E-state index in [1.54, 1.807) is 0 Å². The number of nitro groups is 1. The molecule has 0 radical (unpaired) electrons. The number of aromatic nitrogens is 3. The van der Waals surface area contributed by atoms with Crippen LogP contribution in [0.3, 0.4) is 0 Å². The lowest BCUT2D eigenvalue weighted by Crippen LogP contribution is -2.57. The average Bonchev–Trinajstić information content (AvgIpc) is 3.31. The molecule has 35 heavy (non-hydrogen) atoms. The van der Waals surface area contributed by atoms with Gasteiger partial charge in [-0.2, -0.15) is 4.98 Å². The lowest BCUT2D eigenvalue weighted by atomic mass is 9.49. The first-order valence-electron chi connectivity index (χ1n) is 11.5. The van der Waals surface area contributed by atoms with Gasteiger partial charge in [0.2, 0.25) is 11.9 Å². The molecule has 4 aromatic rings. The molecule has 0 saturated heterocycles. The van der Waals surface area contributed by atoms with Crippen LogP contribution in [0, 0.1) is 15.5 Å². The molecule has 1 unspecified atom stereocenters. The number of nitrogens with zero attached hydrogens (tertiary/aromatic N) is 3. The van der Waals surface area contributed by atoms with Crippen molar-refractivity contribution in [3.8, 4) is 0 Å². The van der Waals surface area contributed by atoms with E-state index in [0.29, 0.717) is 23.4 Å². The van der Waals surface area contributed by atoms with Crippen molar-refractivity contribution in [2.45, 2.75) is 31.2 Å². The summed E-state index contributed by atoms with van der Waals surface area (Å²) in [5, 5.41) is 22.7. The van der Waals surface area contributed by atoms with Crippen LogP contribution in [0.1, 0.15) is 52.9 Å². The lowest BCUT2D eigenvalue weighted by molar-refractivity contribution is -0.573. The first-order valence-corrected chi connectivity index (χ1v) is 11.5. The van der Waals surface area contributed by atoms with Crippen molar-refractivity contribution in [2.75, 3.05) is 5.32 Å². The second-order valence-corrected chi connectivity index (χ2v) is 9.54. The van der Waals surface area contributed by atoms with Gasteiger partial charge in [-0.3, -0.25) is 25.3 Å². The van der Waals surface area contributed by atoms with Gasteiger partial charge in [-0.25, -0.2) is 0 Å². The van der Waals surface area contributed by atoms with Gasteiger partial charge < -0.3 is 0 Å². The molecule has 1 aromatic heterocycles. The summed E-state index contributed by atoms with van der Waals surface area (Å²) in [6, 6.07) is 24.7. The Kier molecular flexibility index (Phi) is 4.60. The first kappa shape index (κ1) is 21.2. The van der Waals surface area contributed by atoms with Gasteiger partial charge in [-0.05, 0) is 23.6 Å². The van der Waals surface area contributed by atoms with Crippen LogP contribution in [-0.2, 0) is 16.8 Å². The topological polar surface area (TPSA) is 114 Å². The Balaban J connectivity index is 1.38. The van der Waals surface area contributed by atoms with E-state index in [9.17, 15) is 14.9 Å². The largest absolute Gasteiger partial charge is 0.293 e. The number of H-pyrrole nitrogens is 1. The Hall–Kier alpha value is -4.33. The van der Waals surface area contributed by atoms with Crippen molar-refractivity contribution in [2.24, 2.45) is 5.41 Å². The molecule has 3 aliphatic rings. The van der Waals surface area contributed by atoms with E-state index in [0.717, 1.165) is 16.7 Å². The average molecular weight is 466 g/mol. The number of amides is 1. The van der Waals surface area contributed by atoms with E-state index in [-0.39, 0.29) is 29.1 Å². The molecule has 0 fully saturated rings. The van der Waals surface area contributed by atoms with Crippen molar-refractivity contribution >= 4 is 11.9 Å². The summed E-state index contributed by atoms with van der Waals surface area (Å²) >= 11 is 0. The number of anilines is 1. The normalized spacial score (nSPS) is 23.9. The van der Waals surface area contributed by atoms with Gasteiger partial charge in [0.05, 0.1) is 5.41 Å². The van der Waals surface area contributed by atoms with Gasteiger partial charge in [0, 0.05) is 34.8 Å². The van der Waals surface area contributed by atoms with Gasteiger partial charge in [-0.1, -0.05) is 78.9 Å². The lowest BCUT2D eigenvalue weighted by Gasteiger charge is -2.52. The highest BCUT2D eigenvalue weighted by Crippen LogP contribution is 2.63. The molecular formula is C27H23N5O3. The Labute approximate surface area is 201 Å². The Bertz CT molecular complexity index is 1420. The van der Waals surface area contributed by atoms with Crippen LogP contribution in [0.25, 0.3) is 0 Å². The number of hydrogen-bond acceptors (Lipinski definition) is 5. The maximum Gasteiger partial charge on any atom is 0.273 e. The van der Waals surface area contributed by atoms with Crippen molar-refractivity contribution in [1.82, 2.24) is 15.2 Å². The summed E-state index contributed by atoms with van der Waals surface area (Å²) in [5.74, 6) is 0.141. The fraction of sp³-hybridized carbons (Fsp3) is 0.222. The predicted octanol–water partition coefficient (Wildman–Crippen LogP) is 4.41. The number of benzene rings is 3. The van der Waals surface area contributed by atoms with Crippen molar-refractivity contribution in [3.63, 3.8) is 0 Å². The van der Waals surface area contributed by atoms with Gasteiger partial charge in [0.1, 0.15) is 5.82 Å². The number of fused-ring (bicyclic) bond motifs is 1. The Morgan fingerprint density at radius 3 is 2.26 bits per heavy atom. The Morgan fingerprint density at radius 1 is 1.03 bits per heavy atom. The van der Waals surface area contributed by atoms with Crippen molar-refractivity contribution in [1.29, 1.82) is 0 Å². The quantitative estimate of drug-likeness (QED) is 0.335. The molecule has 3 aliphatic carbocycles. The van der Waals surface area contributed by atoms with Gasteiger partial charge in [-0.15, -0.1) is 5.10 Å². The standard InChI is InChI=1S/C27H23N5O3/c1-26(24(33)29-25-28-22(30-31-25)15-17-9-3-2-4-10-17)16-27(32(34)35)20-13-7-5-11-18(20)23(26)19-12-6-8-14-21(19)27/h2-14,23H,15-16H2,1H3,(H2,28,29,30,31,33). The smallest absolute Gasteiger partial charge is 0.273 e. The van der Waals surface area contributed by atoms with E-state index in [1.807, 2.05) is 85.8 Å². The van der Waals surface area contributed by atoms with Crippen molar-refractivity contribution < 1.29 is 9.72 Å². The van der Waals surface area contributed by atoms with Crippen LogP contribution in [0.15, 0.2) is 78.9 Å². The molecule has 174 valence electrons. The molecule has 2 N–H and O–H groups in total. The number of nitrogens with one attached hydrogen (secondary N) is 2. The molecule has 3 aromatic carbocycles. The van der Waals surface area contributed by atoms with Gasteiger partial charge >= 0.3 is 0 Å². The minimum atomic E-state index is -1.49. The summed E-state index contributed by atoms with van der Waals surface area (Å²) in [6.45, 7) is 1.81. The molecule has 0 spiro atoms. The molecule has 7 rings (SSSR count). The number of carbonyl (C=O) groups is 1. The highest BCUT2D eigenvalue weighted by Gasteiger charge is 2.67. The fourth-order valence-corrected chi connectivity index (χ4v) is 6.01. The molecule has 0 saturated carbocycles. The SMILES string of the molecule is CC1(C(=O)Nc2n[nH]c(Cc3ccccc3)n2)CC2([N+](=O)[O-])c3ccccc3C1c1ccccc12. The second-order valence-electron chi connectivity index (χ2n) is 9.54. The molecule has 8 nitrogen and oxygen atoms in total. The van der Waals surface area contributed by atoms with Crippen LogP contribution in [0.5, 0.6) is 0 Å². The summed E-state index contributed by atoms with van der Waals surface area (Å²) < 4.78 is 0.